The SMILES string of the molecule is CC[C@H](C)[C@@H]1NC(=O)[C@H](CC(C)C)N(C)C(=O)C[C@@H](C)NC(=O)[C@H](C2CCCC2)N(C)C(=O)C2(CCCC2)NC(=O)[C@@H]2CCCN2C(=O)[C@H](CCc2ccc(C(F)(F)F)c(Cl)c2)NC(=O)[C@@H](C)N(C)C(=O)[C@H](CC2CCCCC2)N(C)C(=O)CN(C)C(=O)CN(C)C1=O. The zero-order chi connectivity index (χ0) is 69.0. The molecule has 2 saturated heterocycles. The Balaban J connectivity index is 1.38. The lowest BCUT2D eigenvalue weighted by Crippen LogP contribution is -2.64. The van der Waals surface area contributed by atoms with Crippen LogP contribution >= 0.6 is 11.6 Å². The van der Waals surface area contributed by atoms with E-state index in [1.165, 1.54) is 77.6 Å². The maximum Gasteiger partial charge on any atom is 0.417 e. The van der Waals surface area contributed by atoms with Crippen LogP contribution in [0.2, 0.25) is 5.02 Å². The second-order valence-corrected chi connectivity index (χ2v) is 28.2. The van der Waals surface area contributed by atoms with E-state index < -0.39 is 155 Å². The molecule has 26 heteroatoms. The Morgan fingerprint density at radius 1 is 0.634 bits per heavy atom. The molecule has 0 radical (unpaired) electrons. The van der Waals surface area contributed by atoms with Gasteiger partial charge in [0, 0.05) is 61.3 Å². The van der Waals surface area contributed by atoms with Crippen molar-refractivity contribution in [1.82, 2.24) is 55.6 Å². The maximum absolute atomic E-state index is 15.3. The summed E-state index contributed by atoms with van der Waals surface area (Å²) in [5.74, 6) is -7.40. The van der Waals surface area contributed by atoms with Gasteiger partial charge < -0.3 is 55.6 Å². The highest BCUT2D eigenvalue weighted by Crippen LogP contribution is 2.38. The van der Waals surface area contributed by atoms with E-state index in [9.17, 15) is 56.3 Å². The van der Waals surface area contributed by atoms with Crippen LogP contribution in [0.4, 0.5) is 13.2 Å². The minimum atomic E-state index is -4.75. The summed E-state index contributed by atoms with van der Waals surface area (Å²) in [5.41, 5.74) is -2.23. The van der Waals surface area contributed by atoms with Crippen LogP contribution in [-0.4, -0.2) is 215 Å². The van der Waals surface area contributed by atoms with Gasteiger partial charge in [0.05, 0.1) is 23.7 Å². The molecule has 0 aromatic heterocycles. The first kappa shape index (κ1) is 75.5. The predicted octanol–water partition coefficient (Wildman–Crippen LogP) is 6.09. The standard InChI is InChI=1S/C67H103ClF3N11O11/c1-13-41(4)56-64(92)77(8)38-54(84)76(7)39-55(85)80(11)52(37-44-22-15-14-16-23-44)63(91)78(9)43(6)58(86)73-49(30-28-45-27-29-47(48(68)36-45)67(69,70)71)62(90)82-33-21-26-50(82)60(88)75-66(31-19-20-32-66)65(93)81(12)57(46-24-17-18-25-46)61(89)72-42(5)35-53(83)79(10)51(34-40(2)3)59(87)74-56/h27,29,36,40-44,46,49-52,56-57H,13-26,28,30-35,37-39H2,1-12H3,(H,72,89)(H,73,86)(H,74,87)(H,75,88)/t41-,42+,43+,49-,50-,51-,52-,56-,57-/m0/s1. The smallest absolute Gasteiger partial charge is 0.351 e. The van der Waals surface area contributed by atoms with Crippen LogP contribution in [0.3, 0.4) is 0 Å². The van der Waals surface area contributed by atoms with Gasteiger partial charge in [0.25, 0.3) is 0 Å². The zero-order valence-corrected chi connectivity index (χ0v) is 57.5. The number of rotatable bonds is 10. The Kier molecular flexibility index (Phi) is 27.0. The molecule has 2 aliphatic heterocycles. The average Bonchev–Trinajstić information content (AvgIpc) is 1.73. The number of carbonyl (C=O) groups is 11. The molecule has 1 aromatic rings. The maximum atomic E-state index is 15.3. The Hall–Kier alpha value is -6.53. The van der Waals surface area contributed by atoms with Gasteiger partial charge in [0.15, 0.2) is 0 Å². The molecule has 2 heterocycles. The first-order chi connectivity index (χ1) is 43.7. The minimum Gasteiger partial charge on any atom is -0.351 e. The number of alkyl halides is 3. The largest absolute Gasteiger partial charge is 0.417 e. The topological polar surface area (TPSA) is 259 Å². The van der Waals surface area contributed by atoms with Gasteiger partial charge in [0.2, 0.25) is 65.0 Å². The number of amides is 11. The van der Waals surface area contributed by atoms with Gasteiger partial charge >= 0.3 is 6.18 Å². The lowest BCUT2D eigenvalue weighted by atomic mass is 9.84. The van der Waals surface area contributed by atoms with Crippen molar-refractivity contribution >= 4 is 76.6 Å². The number of aryl methyl sites for hydroxylation is 1. The summed E-state index contributed by atoms with van der Waals surface area (Å²) < 4.78 is 41.5. The van der Waals surface area contributed by atoms with Gasteiger partial charge in [-0.3, -0.25) is 52.7 Å². The number of hydrogen-bond acceptors (Lipinski definition) is 11. The van der Waals surface area contributed by atoms with E-state index in [-0.39, 0.29) is 75.7 Å². The molecule has 11 amide bonds. The van der Waals surface area contributed by atoms with Crippen LogP contribution in [0.15, 0.2) is 18.2 Å². The number of hydrogen-bond donors (Lipinski definition) is 4. The molecule has 520 valence electrons. The molecule has 4 N–H and O–H groups in total. The van der Waals surface area contributed by atoms with Gasteiger partial charge in [-0.1, -0.05) is 110 Å². The average molecular weight is 1330 g/mol. The molecule has 3 aliphatic carbocycles. The van der Waals surface area contributed by atoms with Crippen LogP contribution in [0.25, 0.3) is 0 Å². The molecule has 0 unspecified atom stereocenters. The number of likely N-dealkylation sites (N-methyl/N-ethyl adjacent to an activating group) is 6. The van der Waals surface area contributed by atoms with Gasteiger partial charge in [-0.25, -0.2) is 0 Å². The zero-order valence-electron chi connectivity index (χ0n) is 56.8. The molecule has 0 bridgehead atoms. The summed E-state index contributed by atoms with van der Waals surface area (Å²) in [6, 6.07) is -5.76. The van der Waals surface area contributed by atoms with Crippen molar-refractivity contribution in [3.63, 3.8) is 0 Å². The summed E-state index contributed by atoms with van der Waals surface area (Å²) in [6.45, 7) is 9.59. The van der Waals surface area contributed by atoms with Crippen LogP contribution in [0, 0.1) is 23.7 Å². The number of nitrogens with one attached hydrogen (secondary N) is 4. The molecule has 5 fully saturated rings. The van der Waals surface area contributed by atoms with Gasteiger partial charge in [-0.15, -0.1) is 0 Å². The van der Waals surface area contributed by atoms with Crippen molar-refractivity contribution in [1.29, 1.82) is 0 Å². The molecular formula is C67H103ClF3N11O11. The predicted molar refractivity (Wildman–Crippen MR) is 344 cm³/mol. The third-order valence-electron chi connectivity index (χ3n) is 20.4. The van der Waals surface area contributed by atoms with E-state index in [4.69, 9.17) is 11.6 Å². The molecular weight excluding hydrogens is 1230 g/mol. The summed E-state index contributed by atoms with van der Waals surface area (Å²) in [7, 11) is 8.68. The third-order valence-corrected chi connectivity index (χ3v) is 20.7. The van der Waals surface area contributed by atoms with E-state index in [2.05, 4.69) is 21.3 Å². The highest BCUT2D eigenvalue weighted by atomic mass is 35.5. The van der Waals surface area contributed by atoms with E-state index in [1.807, 2.05) is 20.8 Å². The third kappa shape index (κ3) is 19.1. The molecule has 1 spiro atoms. The highest BCUT2D eigenvalue weighted by Gasteiger charge is 2.51. The van der Waals surface area contributed by atoms with Crippen LogP contribution in [-0.2, 0) is 65.3 Å². The molecule has 3 saturated carbocycles. The van der Waals surface area contributed by atoms with E-state index in [0.29, 0.717) is 44.1 Å². The van der Waals surface area contributed by atoms with Crippen molar-refractivity contribution in [3.05, 3.63) is 34.3 Å². The Morgan fingerprint density at radius 3 is 1.85 bits per heavy atom. The van der Waals surface area contributed by atoms with E-state index >= 15 is 9.59 Å². The Morgan fingerprint density at radius 2 is 1.25 bits per heavy atom. The second kappa shape index (κ2) is 33.2. The first-order valence-electron chi connectivity index (χ1n) is 33.6. The summed E-state index contributed by atoms with van der Waals surface area (Å²) >= 11 is 6.15. The van der Waals surface area contributed by atoms with Crippen LogP contribution in [0.1, 0.15) is 181 Å². The molecule has 93 heavy (non-hydrogen) atoms. The quantitative estimate of drug-likeness (QED) is 0.209. The van der Waals surface area contributed by atoms with Crippen LogP contribution in [0.5, 0.6) is 0 Å². The summed E-state index contributed by atoms with van der Waals surface area (Å²) in [6.07, 6.45) is 5.03. The number of carbonyl (C=O) groups excluding carboxylic acids is 11. The molecule has 9 atom stereocenters. The van der Waals surface area contributed by atoms with E-state index in [1.54, 1.807) is 20.9 Å². The van der Waals surface area contributed by atoms with Crippen molar-refractivity contribution in [3.8, 4) is 0 Å². The Bertz CT molecular complexity index is 2860. The lowest BCUT2D eigenvalue weighted by Gasteiger charge is -2.40. The fraction of sp³-hybridized carbons (Fsp3) is 0.746. The minimum absolute atomic E-state index is 0.0266. The second-order valence-electron chi connectivity index (χ2n) is 27.8. The van der Waals surface area contributed by atoms with Crippen molar-refractivity contribution < 1.29 is 65.9 Å². The Labute approximate surface area is 552 Å². The molecule has 6 rings (SSSR count). The number of fused-ring (bicyclic) bond motifs is 1. The molecule has 1 aromatic carbocycles. The van der Waals surface area contributed by atoms with Crippen molar-refractivity contribution in [2.75, 3.05) is 61.9 Å². The van der Waals surface area contributed by atoms with Gasteiger partial charge in [-0.2, -0.15) is 13.2 Å². The summed E-state index contributed by atoms with van der Waals surface area (Å²) in [4.78, 5) is 170. The fourth-order valence-electron chi connectivity index (χ4n) is 14.2. The van der Waals surface area contributed by atoms with Gasteiger partial charge in [-0.05, 0) is 119 Å². The van der Waals surface area contributed by atoms with Crippen molar-refractivity contribution in [2.45, 2.75) is 236 Å². The van der Waals surface area contributed by atoms with Crippen molar-refractivity contribution in [2.24, 2.45) is 23.7 Å². The van der Waals surface area contributed by atoms with Crippen LogP contribution < -0.4 is 21.3 Å². The highest BCUT2D eigenvalue weighted by molar-refractivity contribution is 6.31. The normalized spacial score (nSPS) is 27.7. The number of nitrogens with zero attached hydrogens (tertiary/aromatic N) is 7. The van der Waals surface area contributed by atoms with E-state index in [0.717, 1.165) is 62.0 Å². The first-order valence-corrected chi connectivity index (χ1v) is 34.0. The molecule has 5 aliphatic rings. The lowest BCUT2D eigenvalue weighted by molar-refractivity contribution is -0.150. The fourth-order valence-corrected chi connectivity index (χ4v) is 14.5. The van der Waals surface area contributed by atoms with Gasteiger partial charge in [0.1, 0.15) is 47.8 Å². The molecule has 22 nitrogen and oxygen atoms in total. The number of benzene rings is 1. The summed E-state index contributed by atoms with van der Waals surface area (Å²) in [5, 5.41) is 11.2. The number of halogens is 4. The monoisotopic (exact) mass is 1330 g/mol.